The molecule has 0 fully saturated rings. The first-order chi connectivity index (χ1) is 13.2. The van der Waals surface area contributed by atoms with Crippen LogP contribution in [0, 0.1) is 5.92 Å². The average Bonchev–Trinajstić information content (AvgIpc) is 3.04. The lowest BCUT2D eigenvalue weighted by atomic mass is 10.0. The largest absolute Gasteiger partial charge is 0.495 e. The maximum absolute atomic E-state index is 13.0. The third-order valence-electron chi connectivity index (χ3n) is 4.77. The number of fused-ring (bicyclic) bond motifs is 1. The molecule has 1 amide bonds. The second-order valence-corrected chi connectivity index (χ2v) is 9.10. The van der Waals surface area contributed by atoms with E-state index in [1.54, 1.807) is 35.2 Å². The van der Waals surface area contributed by atoms with Crippen LogP contribution in [0.5, 0.6) is 5.75 Å². The summed E-state index contributed by atoms with van der Waals surface area (Å²) in [5.74, 6) is 0.709. The maximum atomic E-state index is 13.0. The van der Waals surface area contributed by atoms with Crippen LogP contribution < -0.4 is 14.4 Å². The van der Waals surface area contributed by atoms with Crippen LogP contribution in [0.25, 0.3) is 0 Å². The molecule has 0 atom stereocenters. The van der Waals surface area contributed by atoms with Crippen LogP contribution in [0.4, 0.5) is 11.4 Å². The summed E-state index contributed by atoms with van der Waals surface area (Å²) >= 11 is 0. The number of methoxy groups -OCH3 is 1. The standard InChI is InChI=1S/C21H26N2O4S/c1-14(2)11-16-5-8-20(27-4)21(12-16)28(25,26)22-18-6-7-19-17(13-18)9-10-23(19)15(3)24/h5-8,12-14,22H,9-11H2,1-4H3. The van der Waals surface area contributed by atoms with Crippen LogP contribution in [0.2, 0.25) is 0 Å². The smallest absolute Gasteiger partial charge is 0.265 e. The molecule has 0 saturated carbocycles. The minimum Gasteiger partial charge on any atom is -0.495 e. The summed E-state index contributed by atoms with van der Waals surface area (Å²) in [4.78, 5) is 13.5. The number of sulfonamides is 1. The molecular formula is C21H26N2O4S. The number of rotatable bonds is 6. The second kappa shape index (κ2) is 7.83. The van der Waals surface area contributed by atoms with Crippen LogP contribution in [0.1, 0.15) is 31.9 Å². The number of hydrogen-bond donors (Lipinski definition) is 1. The zero-order valence-corrected chi connectivity index (χ0v) is 17.5. The van der Waals surface area contributed by atoms with E-state index in [1.807, 2.05) is 6.07 Å². The zero-order chi connectivity index (χ0) is 20.5. The molecule has 2 aromatic rings. The van der Waals surface area contributed by atoms with Crippen molar-refractivity contribution in [1.82, 2.24) is 0 Å². The Bertz CT molecular complexity index is 999. The fraction of sp³-hybridized carbons (Fsp3) is 0.381. The molecule has 1 heterocycles. The first-order valence-electron chi connectivity index (χ1n) is 9.32. The minimum atomic E-state index is -3.82. The number of nitrogens with one attached hydrogen (secondary N) is 1. The molecule has 1 aliphatic heterocycles. The minimum absolute atomic E-state index is 0.0150. The Labute approximate surface area is 166 Å². The van der Waals surface area contributed by atoms with E-state index in [0.717, 1.165) is 23.2 Å². The maximum Gasteiger partial charge on any atom is 0.265 e. The Hall–Kier alpha value is -2.54. The van der Waals surface area contributed by atoms with Gasteiger partial charge in [0, 0.05) is 24.8 Å². The third kappa shape index (κ3) is 4.14. The second-order valence-electron chi connectivity index (χ2n) is 7.45. The molecule has 0 spiro atoms. The van der Waals surface area contributed by atoms with E-state index < -0.39 is 10.0 Å². The van der Waals surface area contributed by atoms with Gasteiger partial charge in [-0.15, -0.1) is 0 Å². The van der Waals surface area contributed by atoms with Crippen LogP contribution in [0.15, 0.2) is 41.3 Å². The number of carbonyl (C=O) groups is 1. The molecule has 1 aliphatic rings. The molecule has 0 aliphatic carbocycles. The number of carbonyl (C=O) groups excluding carboxylic acids is 1. The first-order valence-corrected chi connectivity index (χ1v) is 10.8. The lowest BCUT2D eigenvalue weighted by Gasteiger charge is -2.16. The fourth-order valence-corrected chi connectivity index (χ4v) is 4.80. The summed E-state index contributed by atoms with van der Waals surface area (Å²) in [6.07, 6.45) is 1.49. The molecule has 28 heavy (non-hydrogen) atoms. The van der Waals surface area contributed by atoms with Crippen molar-refractivity contribution in [3.05, 3.63) is 47.5 Å². The predicted octanol–water partition coefficient (Wildman–Crippen LogP) is 3.60. The summed E-state index contributed by atoms with van der Waals surface area (Å²) < 4.78 is 34.0. The summed E-state index contributed by atoms with van der Waals surface area (Å²) in [5.41, 5.74) is 3.21. The monoisotopic (exact) mass is 402 g/mol. The quantitative estimate of drug-likeness (QED) is 0.801. The van der Waals surface area contributed by atoms with E-state index >= 15 is 0 Å². The highest BCUT2D eigenvalue weighted by Gasteiger charge is 2.24. The number of hydrogen-bond acceptors (Lipinski definition) is 4. The van der Waals surface area contributed by atoms with Gasteiger partial charge in [0.2, 0.25) is 5.91 Å². The van der Waals surface area contributed by atoms with Crippen molar-refractivity contribution in [1.29, 1.82) is 0 Å². The van der Waals surface area contributed by atoms with Crippen molar-refractivity contribution in [2.24, 2.45) is 5.92 Å². The lowest BCUT2D eigenvalue weighted by Crippen LogP contribution is -2.25. The summed E-state index contributed by atoms with van der Waals surface area (Å²) in [5, 5.41) is 0. The Balaban J connectivity index is 1.91. The Kier molecular flexibility index (Phi) is 5.65. The molecule has 1 N–H and O–H groups in total. The molecule has 6 nitrogen and oxygen atoms in total. The molecular weight excluding hydrogens is 376 g/mol. The number of benzene rings is 2. The molecule has 2 aromatic carbocycles. The highest BCUT2D eigenvalue weighted by molar-refractivity contribution is 7.92. The van der Waals surface area contributed by atoms with Gasteiger partial charge in [-0.1, -0.05) is 19.9 Å². The van der Waals surface area contributed by atoms with Gasteiger partial charge in [-0.2, -0.15) is 0 Å². The van der Waals surface area contributed by atoms with Gasteiger partial charge in [-0.05, 0) is 60.2 Å². The third-order valence-corrected chi connectivity index (χ3v) is 6.17. The van der Waals surface area contributed by atoms with Crippen LogP contribution >= 0.6 is 0 Å². The van der Waals surface area contributed by atoms with Gasteiger partial charge in [-0.25, -0.2) is 8.42 Å². The van der Waals surface area contributed by atoms with E-state index in [9.17, 15) is 13.2 Å². The first kappa shape index (κ1) is 20.2. The van der Waals surface area contributed by atoms with Crippen molar-refractivity contribution in [3.8, 4) is 5.75 Å². The SMILES string of the molecule is COc1ccc(CC(C)C)cc1S(=O)(=O)Nc1ccc2c(c1)CCN2C(C)=O. The van der Waals surface area contributed by atoms with E-state index in [1.165, 1.54) is 14.0 Å². The number of anilines is 2. The van der Waals surface area contributed by atoms with Gasteiger partial charge in [0.25, 0.3) is 10.0 Å². The normalized spacial score (nSPS) is 13.5. The zero-order valence-electron chi connectivity index (χ0n) is 16.7. The van der Waals surface area contributed by atoms with Gasteiger partial charge in [0.15, 0.2) is 0 Å². The summed E-state index contributed by atoms with van der Waals surface area (Å²) in [6, 6.07) is 10.5. The van der Waals surface area contributed by atoms with E-state index in [0.29, 0.717) is 30.3 Å². The molecule has 0 unspecified atom stereocenters. The topological polar surface area (TPSA) is 75.7 Å². The number of amides is 1. The van der Waals surface area contributed by atoms with Crippen molar-refractivity contribution < 1.29 is 17.9 Å². The highest BCUT2D eigenvalue weighted by Crippen LogP contribution is 2.32. The number of nitrogens with zero attached hydrogens (tertiary/aromatic N) is 1. The van der Waals surface area contributed by atoms with E-state index in [4.69, 9.17) is 4.74 Å². The Morgan fingerprint density at radius 3 is 2.61 bits per heavy atom. The van der Waals surface area contributed by atoms with Gasteiger partial charge >= 0.3 is 0 Å². The van der Waals surface area contributed by atoms with Crippen molar-refractivity contribution in [2.45, 2.75) is 38.5 Å². The van der Waals surface area contributed by atoms with Gasteiger partial charge in [0.05, 0.1) is 7.11 Å². The summed E-state index contributed by atoms with van der Waals surface area (Å²) in [7, 11) is -2.36. The lowest BCUT2D eigenvalue weighted by molar-refractivity contribution is -0.116. The summed E-state index contributed by atoms with van der Waals surface area (Å²) in [6.45, 7) is 6.32. The molecule has 7 heteroatoms. The molecule has 150 valence electrons. The highest BCUT2D eigenvalue weighted by atomic mass is 32.2. The van der Waals surface area contributed by atoms with Gasteiger partial charge < -0.3 is 9.64 Å². The Morgan fingerprint density at radius 2 is 1.96 bits per heavy atom. The van der Waals surface area contributed by atoms with Crippen LogP contribution in [-0.4, -0.2) is 28.0 Å². The fourth-order valence-electron chi connectivity index (χ4n) is 3.53. The molecule has 0 aromatic heterocycles. The molecule has 0 radical (unpaired) electrons. The Morgan fingerprint density at radius 1 is 1.21 bits per heavy atom. The molecule has 3 rings (SSSR count). The van der Waals surface area contributed by atoms with Crippen LogP contribution in [-0.2, 0) is 27.7 Å². The molecule has 0 bridgehead atoms. The van der Waals surface area contributed by atoms with Crippen molar-refractivity contribution >= 4 is 27.3 Å². The van der Waals surface area contributed by atoms with Crippen molar-refractivity contribution in [2.75, 3.05) is 23.3 Å². The average molecular weight is 403 g/mol. The van der Waals surface area contributed by atoms with E-state index in [-0.39, 0.29) is 10.8 Å². The van der Waals surface area contributed by atoms with Crippen LogP contribution in [0.3, 0.4) is 0 Å². The number of ether oxygens (including phenoxy) is 1. The molecule has 0 saturated heterocycles. The van der Waals surface area contributed by atoms with Gasteiger partial charge in [0.1, 0.15) is 10.6 Å². The van der Waals surface area contributed by atoms with Gasteiger partial charge in [-0.3, -0.25) is 9.52 Å². The van der Waals surface area contributed by atoms with E-state index in [2.05, 4.69) is 18.6 Å². The van der Waals surface area contributed by atoms with Crippen molar-refractivity contribution in [3.63, 3.8) is 0 Å². The predicted molar refractivity (Wildman–Crippen MR) is 111 cm³/mol.